The lowest BCUT2D eigenvalue weighted by atomic mass is 10.1. The zero-order valence-corrected chi connectivity index (χ0v) is 12.9. The lowest BCUT2D eigenvalue weighted by Crippen LogP contribution is -2.21. The Labute approximate surface area is 126 Å². The highest BCUT2D eigenvalue weighted by molar-refractivity contribution is 7.11. The molecule has 1 fully saturated rings. The van der Waals surface area contributed by atoms with Gasteiger partial charge in [0.15, 0.2) is 0 Å². The third-order valence-electron chi connectivity index (χ3n) is 3.41. The number of hydrazone groups is 1. The average Bonchev–Trinajstić information content (AvgIpc) is 2.69. The molecule has 1 N–H and O–H groups in total. The van der Waals surface area contributed by atoms with Gasteiger partial charge < -0.3 is 0 Å². The van der Waals surface area contributed by atoms with E-state index in [0.717, 1.165) is 4.88 Å². The molecule has 2 atom stereocenters. The van der Waals surface area contributed by atoms with E-state index in [2.05, 4.69) is 10.5 Å². The van der Waals surface area contributed by atoms with Crippen LogP contribution in [0.5, 0.6) is 0 Å². The van der Waals surface area contributed by atoms with Gasteiger partial charge in [-0.2, -0.15) is 5.10 Å². The van der Waals surface area contributed by atoms with Gasteiger partial charge in [0.25, 0.3) is 0 Å². The van der Waals surface area contributed by atoms with Crippen LogP contribution in [0, 0.1) is 17.3 Å². The molecule has 1 heterocycles. The molecule has 1 aromatic rings. The second kappa shape index (κ2) is 5.65. The maximum atomic E-state index is 12.0. The molecule has 1 aliphatic carbocycles. The van der Waals surface area contributed by atoms with Crippen molar-refractivity contribution in [1.82, 2.24) is 5.43 Å². The lowest BCUT2D eigenvalue weighted by Gasteiger charge is -2.00. The molecule has 0 aliphatic heterocycles. The van der Waals surface area contributed by atoms with Gasteiger partial charge in [0.1, 0.15) is 4.49 Å². The number of rotatable bonds is 4. The fourth-order valence-electron chi connectivity index (χ4n) is 2.22. The molecule has 1 aliphatic rings. The van der Waals surface area contributed by atoms with E-state index in [9.17, 15) is 4.79 Å². The van der Waals surface area contributed by atoms with Gasteiger partial charge in [-0.05, 0) is 28.9 Å². The first-order chi connectivity index (χ1) is 8.93. The van der Waals surface area contributed by atoms with Crippen molar-refractivity contribution in [2.45, 2.75) is 13.8 Å². The summed E-state index contributed by atoms with van der Waals surface area (Å²) in [5.41, 5.74) is 2.44. The van der Waals surface area contributed by atoms with Crippen LogP contribution in [0.1, 0.15) is 18.7 Å². The van der Waals surface area contributed by atoms with E-state index in [-0.39, 0.29) is 27.6 Å². The smallest absolute Gasteiger partial charge is 0.244 e. The molecule has 0 aromatic carbocycles. The predicted molar refractivity (Wildman–Crippen MR) is 80.6 cm³/mol. The molecule has 0 unspecified atom stereocenters. The maximum absolute atomic E-state index is 12.0. The molecular weight excluding hydrogens is 303 g/mol. The van der Waals surface area contributed by atoms with Crippen molar-refractivity contribution in [3.05, 3.63) is 33.0 Å². The molecule has 6 heteroatoms. The van der Waals surface area contributed by atoms with Crippen LogP contribution in [0.4, 0.5) is 0 Å². The van der Waals surface area contributed by atoms with Crippen molar-refractivity contribution >= 4 is 46.7 Å². The molecule has 1 amide bonds. The number of halogens is 2. The van der Waals surface area contributed by atoms with E-state index in [1.54, 1.807) is 23.6 Å². The molecular formula is C13H14Cl2N2OS. The normalized spacial score (nSPS) is 24.2. The second-order valence-corrected chi connectivity index (χ2v) is 7.02. The molecule has 0 spiro atoms. The minimum atomic E-state index is -0.138. The predicted octanol–water partition coefficient (Wildman–Crippen LogP) is 3.79. The van der Waals surface area contributed by atoms with Crippen LogP contribution in [0.2, 0.25) is 0 Å². The van der Waals surface area contributed by atoms with Gasteiger partial charge in [0.05, 0.1) is 12.1 Å². The second-order valence-electron chi connectivity index (χ2n) is 5.03. The zero-order valence-electron chi connectivity index (χ0n) is 10.6. The number of carbonyl (C=O) groups is 1. The monoisotopic (exact) mass is 316 g/mol. The number of nitrogens with one attached hydrogen (secondary N) is 1. The Hall–Kier alpha value is -0.840. The van der Waals surface area contributed by atoms with Crippen molar-refractivity contribution in [3.8, 4) is 0 Å². The number of nitrogens with zero attached hydrogens (tertiary/aromatic N) is 1. The Morgan fingerprint density at radius 3 is 2.84 bits per heavy atom. The van der Waals surface area contributed by atoms with Crippen LogP contribution in [0.15, 0.2) is 33.2 Å². The molecule has 2 rings (SSSR count). The highest BCUT2D eigenvalue weighted by Crippen LogP contribution is 2.59. The van der Waals surface area contributed by atoms with Gasteiger partial charge >= 0.3 is 0 Å². The number of carbonyl (C=O) groups excluding carboxylic acids is 1. The molecule has 1 aromatic heterocycles. The summed E-state index contributed by atoms with van der Waals surface area (Å²) in [5.74, 6) is -0.177. The summed E-state index contributed by atoms with van der Waals surface area (Å²) in [7, 11) is 0. The van der Waals surface area contributed by atoms with E-state index < -0.39 is 0 Å². The number of hydrogen-bond donors (Lipinski definition) is 1. The van der Waals surface area contributed by atoms with Crippen LogP contribution < -0.4 is 5.43 Å². The Morgan fingerprint density at radius 1 is 1.53 bits per heavy atom. The quantitative estimate of drug-likeness (QED) is 0.666. The SMILES string of the molecule is CC1(C)[C@H](C=C(Cl)Cl)[C@@H]1C(=O)N/N=C\c1cccs1. The van der Waals surface area contributed by atoms with Crippen molar-refractivity contribution < 1.29 is 4.79 Å². The van der Waals surface area contributed by atoms with E-state index in [1.165, 1.54) is 0 Å². The van der Waals surface area contributed by atoms with Gasteiger partial charge in [-0.15, -0.1) is 11.3 Å². The molecule has 0 saturated heterocycles. The van der Waals surface area contributed by atoms with Crippen LogP contribution in [0.25, 0.3) is 0 Å². The van der Waals surface area contributed by atoms with Gasteiger partial charge in [-0.1, -0.05) is 43.1 Å². The number of amides is 1. The maximum Gasteiger partial charge on any atom is 0.244 e. The third-order valence-corrected chi connectivity index (χ3v) is 4.47. The molecule has 0 radical (unpaired) electrons. The summed E-state index contributed by atoms with van der Waals surface area (Å²) in [5, 5.41) is 5.91. The molecule has 1 saturated carbocycles. The first kappa shape index (κ1) is 14.6. The van der Waals surface area contributed by atoms with Gasteiger partial charge in [0, 0.05) is 4.88 Å². The minimum absolute atomic E-state index is 0.0643. The highest BCUT2D eigenvalue weighted by Gasteiger charge is 2.60. The van der Waals surface area contributed by atoms with E-state index >= 15 is 0 Å². The van der Waals surface area contributed by atoms with Gasteiger partial charge in [-0.3, -0.25) is 4.79 Å². The average molecular weight is 317 g/mol. The number of thiophene rings is 1. The number of hydrogen-bond acceptors (Lipinski definition) is 3. The van der Waals surface area contributed by atoms with Crippen molar-refractivity contribution in [2.24, 2.45) is 22.4 Å². The molecule has 0 bridgehead atoms. The first-order valence-electron chi connectivity index (χ1n) is 5.82. The molecule has 19 heavy (non-hydrogen) atoms. The Bertz CT molecular complexity index is 519. The van der Waals surface area contributed by atoms with Crippen molar-refractivity contribution in [1.29, 1.82) is 0 Å². The number of allylic oxidation sites excluding steroid dienone is 1. The lowest BCUT2D eigenvalue weighted by molar-refractivity contribution is -0.123. The van der Waals surface area contributed by atoms with Crippen LogP contribution in [-0.2, 0) is 4.79 Å². The van der Waals surface area contributed by atoms with E-state index in [1.807, 2.05) is 31.4 Å². The van der Waals surface area contributed by atoms with Crippen LogP contribution >= 0.6 is 34.5 Å². The zero-order chi connectivity index (χ0) is 14.0. The Kier molecular flexibility index (Phi) is 4.33. The highest BCUT2D eigenvalue weighted by atomic mass is 35.5. The molecule has 102 valence electrons. The summed E-state index contributed by atoms with van der Waals surface area (Å²) < 4.78 is 0.204. The van der Waals surface area contributed by atoms with Gasteiger partial charge in [-0.25, -0.2) is 5.43 Å². The fraction of sp³-hybridized carbons (Fsp3) is 0.385. The first-order valence-corrected chi connectivity index (χ1v) is 7.45. The summed E-state index contributed by atoms with van der Waals surface area (Å²) >= 11 is 12.9. The summed E-state index contributed by atoms with van der Waals surface area (Å²) in [4.78, 5) is 13.0. The summed E-state index contributed by atoms with van der Waals surface area (Å²) in [6, 6.07) is 3.86. The third kappa shape index (κ3) is 3.38. The fourth-order valence-corrected chi connectivity index (χ4v) is 3.08. The van der Waals surface area contributed by atoms with Crippen molar-refractivity contribution in [3.63, 3.8) is 0 Å². The van der Waals surface area contributed by atoms with E-state index in [0.29, 0.717) is 0 Å². The summed E-state index contributed by atoms with van der Waals surface area (Å²) in [6.07, 6.45) is 3.35. The topological polar surface area (TPSA) is 41.5 Å². The summed E-state index contributed by atoms with van der Waals surface area (Å²) in [6.45, 7) is 4.02. The standard InChI is InChI=1S/C13H14Cl2N2OS/c1-13(2)9(6-10(14)15)11(13)12(18)17-16-7-8-4-3-5-19-8/h3-7,9,11H,1-2H3,(H,17,18)/b16-7-/t9-,11-/m1/s1. The van der Waals surface area contributed by atoms with Gasteiger partial charge in [0.2, 0.25) is 5.91 Å². The van der Waals surface area contributed by atoms with Crippen LogP contribution in [0.3, 0.4) is 0 Å². The largest absolute Gasteiger partial charge is 0.273 e. The van der Waals surface area contributed by atoms with E-state index in [4.69, 9.17) is 23.2 Å². The Morgan fingerprint density at radius 2 is 2.26 bits per heavy atom. The Balaban J connectivity index is 1.93. The van der Waals surface area contributed by atoms with Crippen LogP contribution in [-0.4, -0.2) is 12.1 Å². The molecule has 3 nitrogen and oxygen atoms in total. The van der Waals surface area contributed by atoms with Crippen molar-refractivity contribution in [2.75, 3.05) is 0 Å². The minimum Gasteiger partial charge on any atom is -0.273 e.